The molecule has 0 aliphatic carbocycles. The molecule has 10 heteroatoms. The lowest BCUT2D eigenvalue weighted by Gasteiger charge is -2.31. The number of carbonyl (C=O) groups is 1. The van der Waals surface area contributed by atoms with E-state index in [-0.39, 0.29) is 17.8 Å². The summed E-state index contributed by atoms with van der Waals surface area (Å²) in [7, 11) is 3.07. The molecule has 0 aromatic carbocycles. The summed E-state index contributed by atoms with van der Waals surface area (Å²) < 4.78 is 15.5. The van der Waals surface area contributed by atoms with Crippen LogP contribution in [-0.2, 0) is 25.4 Å². The second-order valence-electron chi connectivity index (χ2n) is 8.11. The second kappa shape index (κ2) is 8.93. The third kappa shape index (κ3) is 4.22. The number of rotatable bonds is 6. The Morgan fingerprint density at radius 2 is 1.83 bits per heavy atom. The van der Waals surface area contributed by atoms with Gasteiger partial charge in [-0.1, -0.05) is 13.8 Å². The van der Waals surface area contributed by atoms with Crippen molar-refractivity contribution in [2.24, 2.45) is 20.0 Å². The van der Waals surface area contributed by atoms with Crippen molar-refractivity contribution in [2.75, 3.05) is 19.7 Å². The highest BCUT2D eigenvalue weighted by atomic mass is 16.6. The van der Waals surface area contributed by atoms with Crippen LogP contribution in [0.3, 0.4) is 0 Å². The molecule has 0 spiro atoms. The van der Waals surface area contributed by atoms with Crippen molar-refractivity contribution in [1.29, 1.82) is 0 Å². The maximum atomic E-state index is 12.8. The van der Waals surface area contributed by atoms with E-state index in [1.54, 1.807) is 23.4 Å². The van der Waals surface area contributed by atoms with Gasteiger partial charge in [0.15, 0.2) is 11.2 Å². The van der Waals surface area contributed by atoms with Gasteiger partial charge in [0.05, 0.1) is 6.61 Å². The number of carbonyl (C=O) groups excluding carboxylic acids is 1. The van der Waals surface area contributed by atoms with Crippen molar-refractivity contribution in [3.05, 3.63) is 20.8 Å². The summed E-state index contributed by atoms with van der Waals surface area (Å²) in [5.41, 5.74) is -0.100. The second-order valence-corrected chi connectivity index (χ2v) is 8.11. The number of fused-ring (bicyclic) bond motifs is 1. The molecule has 2 aromatic rings. The summed E-state index contributed by atoms with van der Waals surface area (Å²) in [5.74, 6) is 0.430. The molecule has 3 heterocycles. The van der Waals surface area contributed by atoms with Gasteiger partial charge >= 0.3 is 11.8 Å². The molecule has 1 aliphatic rings. The number of aryl methyl sites for hydroxylation is 2. The van der Waals surface area contributed by atoms with Crippen molar-refractivity contribution in [2.45, 2.75) is 52.7 Å². The minimum absolute atomic E-state index is 0.133. The summed E-state index contributed by atoms with van der Waals surface area (Å²) >= 11 is 0. The first-order valence-electron chi connectivity index (χ1n) is 10.5. The Morgan fingerprint density at radius 1 is 1.17 bits per heavy atom. The first kappa shape index (κ1) is 21.9. The summed E-state index contributed by atoms with van der Waals surface area (Å²) in [6.45, 7) is 8.00. The maximum absolute atomic E-state index is 12.8. The molecule has 0 radical (unpaired) electrons. The molecule has 0 saturated carbocycles. The van der Waals surface area contributed by atoms with E-state index in [0.29, 0.717) is 62.2 Å². The number of hydrogen-bond donors (Lipinski definition) is 0. The third-order valence-corrected chi connectivity index (χ3v) is 5.48. The first-order valence-corrected chi connectivity index (χ1v) is 10.5. The molecule has 2 aromatic heterocycles. The molecule has 3 rings (SSSR count). The molecular formula is C20H31N5O5. The Morgan fingerprint density at radius 3 is 2.43 bits per heavy atom. The quantitative estimate of drug-likeness (QED) is 0.700. The third-order valence-electron chi connectivity index (χ3n) is 5.48. The Bertz CT molecular complexity index is 1030. The van der Waals surface area contributed by atoms with E-state index in [4.69, 9.17) is 9.47 Å². The number of hydrogen-bond acceptors (Lipinski definition) is 6. The van der Waals surface area contributed by atoms with E-state index in [1.165, 1.54) is 11.6 Å². The number of piperidine rings is 1. The van der Waals surface area contributed by atoms with E-state index >= 15 is 0 Å². The van der Waals surface area contributed by atoms with Crippen LogP contribution < -0.4 is 16.0 Å². The molecular weight excluding hydrogens is 390 g/mol. The molecule has 0 N–H and O–H groups in total. The van der Waals surface area contributed by atoms with Crippen LogP contribution in [0.1, 0.15) is 40.0 Å². The monoisotopic (exact) mass is 421 g/mol. The van der Waals surface area contributed by atoms with Crippen LogP contribution in [0.2, 0.25) is 0 Å². The summed E-state index contributed by atoms with van der Waals surface area (Å²) in [6.07, 6.45) is 1.69. The predicted molar refractivity (Wildman–Crippen MR) is 112 cm³/mol. The molecule has 10 nitrogen and oxygen atoms in total. The van der Waals surface area contributed by atoms with E-state index in [9.17, 15) is 14.4 Å². The van der Waals surface area contributed by atoms with Crippen LogP contribution in [0.15, 0.2) is 9.59 Å². The Balaban J connectivity index is 1.90. The van der Waals surface area contributed by atoms with Crippen molar-refractivity contribution in [1.82, 2.24) is 23.6 Å². The Labute approximate surface area is 175 Å². The molecule has 1 fully saturated rings. The lowest BCUT2D eigenvalue weighted by atomic mass is 10.1. The lowest BCUT2D eigenvalue weighted by molar-refractivity contribution is 0.0656. The standard InChI is InChI=1S/C20H31N5O5/c1-6-29-20(28)24-10-8-14(9-11-24)30-18-21-16-15(25(18)12-7-13(2)3)17(26)23(5)19(27)22(16)4/h13-14H,6-12H2,1-5H3. The average molecular weight is 421 g/mol. The fourth-order valence-corrected chi connectivity index (χ4v) is 3.63. The SMILES string of the molecule is CCOC(=O)N1CCC(Oc2nc3c(c(=O)n(C)c(=O)n3C)n2CCC(C)C)CC1. The average Bonchev–Trinajstić information content (AvgIpc) is 3.08. The fourth-order valence-electron chi connectivity index (χ4n) is 3.63. The molecule has 166 valence electrons. The van der Waals surface area contributed by atoms with Gasteiger partial charge in [0.2, 0.25) is 0 Å². The fraction of sp³-hybridized carbons (Fsp3) is 0.700. The van der Waals surface area contributed by atoms with Crippen LogP contribution in [0, 0.1) is 5.92 Å². The molecule has 1 aliphatic heterocycles. The van der Waals surface area contributed by atoms with Gasteiger partial charge in [0.1, 0.15) is 6.10 Å². The van der Waals surface area contributed by atoms with Crippen LogP contribution in [0.25, 0.3) is 11.2 Å². The minimum atomic E-state index is -0.421. The van der Waals surface area contributed by atoms with Crippen LogP contribution in [0.5, 0.6) is 6.01 Å². The molecule has 1 saturated heterocycles. The smallest absolute Gasteiger partial charge is 0.409 e. The van der Waals surface area contributed by atoms with Crippen LogP contribution in [0.4, 0.5) is 4.79 Å². The van der Waals surface area contributed by atoms with E-state index in [2.05, 4.69) is 18.8 Å². The van der Waals surface area contributed by atoms with Gasteiger partial charge in [-0.05, 0) is 19.3 Å². The van der Waals surface area contributed by atoms with Crippen LogP contribution >= 0.6 is 0 Å². The zero-order chi connectivity index (χ0) is 22.0. The van der Waals surface area contributed by atoms with Crippen molar-refractivity contribution in [3.63, 3.8) is 0 Å². The number of likely N-dealkylation sites (tertiary alicyclic amines) is 1. The van der Waals surface area contributed by atoms with Gasteiger partial charge in [-0.2, -0.15) is 4.98 Å². The van der Waals surface area contributed by atoms with E-state index < -0.39 is 5.69 Å². The molecule has 0 atom stereocenters. The number of aromatic nitrogens is 4. The number of ether oxygens (including phenoxy) is 2. The largest absolute Gasteiger partial charge is 0.461 e. The number of imidazole rings is 1. The highest BCUT2D eigenvalue weighted by molar-refractivity contribution is 5.72. The first-order chi connectivity index (χ1) is 14.2. The minimum Gasteiger partial charge on any atom is -0.461 e. The highest BCUT2D eigenvalue weighted by Crippen LogP contribution is 2.23. The molecule has 0 bridgehead atoms. The van der Waals surface area contributed by atoms with Gasteiger partial charge in [-0.15, -0.1) is 0 Å². The van der Waals surface area contributed by atoms with E-state index in [1.807, 2.05) is 0 Å². The summed E-state index contributed by atoms with van der Waals surface area (Å²) in [5, 5.41) is 0. The molecule has 30 heavy (non-hydrogen) atoms. The van der Waals surface area contributed by atoms with Gasteiger partial charge in [0.25, 0.3) is 11.6 Å². The normalized spacial score (nSPS) is 15.2. The van der Waals surface area contributed by atoms with Gasteiger partial charge in [0, 0.05) is 46.6 Å². The summed E-state index contributed by atoms with van der Waals surface area (Å²) in [4.78, 5) is 43.2. The van der Waals surface area contributed by atoms with E-state index in [0.717, 1.165) is 11.0 Å². The zero-order valence-electron chi connectivity index (χ0n) is 18.4. The number of amides is 1. The van der Waals surface area contributed by atoms with Gasteiger partial charge in [-0.25, -0.2) is 9.59 Å². The highest BCUT2D eigenvalue weighted by Gasteiger charge is 2.27. The topological polar surface area (TPSA) is 101 Å². The summed E-state index contributed by atoms with van der Waals surface area (Å²) in [6, 6.07) is 0.346. The Kier molecular flexibility index (Phi) is 6.52. The lowest BCUT2D eigenvalue weighted by Crippen LogP contribution is -2.42. The molecule has 0 unspecified atom stereocenters. The number of nitrogens with zero attached hydrogens (tertiary/aromatic N) is 5. The van der Waals surface area contributed by atoms with Crippen molar-refractivity contribution in [3.8, 4) is 6.01 Å². The van der Waals surface area contributed by atoms with Crippen LogP contribution in [-0.4, -0.2) is 55.5 Å². The van der Waals surface area contributed by atoms with Gasteiger partial charge in [-0.3, -0.25) is 18.5 Å². The molecule has 1 amide bonds. The van der Waals surface area contributed by atoms with Crippen molar-refractivity contribution >= 4 is 17.3 Å². The predicted octanol–water partition coefficient (Wildman–Crippen LogP) is 1.48. The maximum Gasteiger partial charge on any atom is 0.409 e. The zero-order valence-corrected chi connectivity index (χ0v) is 18.4. The Hall–Kier alpha value is -2.78. The van der Waals surface area contributed by atoms with Gasteiger partial charge < -0.3 is 14.4 Å². The van der Waals surface area contributed by atoms with Crippen molar-refractivity contribution < 1.29 is 14.3 Å².